The molecule has 0 saturated carbocycles. The van der Waals surface area contributed by atoms with E-state index in [1.165, 1.54) is 83.8 Å². The van der Waals surface area contributed by atoms with Crippen LogP contribution in [0.5, 0.6) is 0 Å². The first-order valence-electron chi connectivity index (χ1n) is 15.0. The Kier molecular flexibility index (Phi) is 19.5. The maximum Gasteiger partial charge on any atom is 0.305 e. The van der Waals surface area contributed by atoms with Crippen LogP contribution in [0.1, 0.15) is 136 Å². The lowest BCUT2D eigenvalue weighted by Gasteiger charge is -2.19. The van der Waals surface area contributed by atoms with Gasteiger partial charge >= 0.3 is 5.97 Å². The third-order valence-corrected chi connectivity index (χ3v) is 6.91. The van der Waals surface area contributed by atoms with Gasteiger partial charge in [0.1, 0.15) is 0 Å². The highest BCUT2D eigenvalue weighted by Gasteiger charge is 2.29. The molecular weight excluding hydrogens is 466 g/mol. The lowest BCUT2D eigenvalue weighted by atomic mass is 9.93. The van der Waals surface area contributed by atoms with Crippen LogP contribution in [-0.4, -0.2) is 37.8 Å². The third kappa shape index (κ3) is 15.0. The van der Waals surface area contributed by atoms with Gasteiger partial charge < -0.3 is 14.8 Å². The Bertz CT molecular complexity index is 725. The molecule has 0 heterocycles. The van der Waals surface area contributed by atoms with Gasteiger partial charge in [0.2, 0.25) is 11.6 Å². The molecule has 0 aromatic rings. The maximum atomic E-state index is 13.0. The molecule has 0 spiro atoms. The Hall–Kier alpha value is -2.11. The molecule has 6 nitrogen and oxygen atoms in total. The highest BCUT2D eigenvalue weighted by Crippen LogP contribution is 2.24. The van der Waals surface area contributed by atoms with Gasteiger partial charge in [0.15, 0.2) is 5.76 Å². The third-order valence-electron chi connectivity index (χ3n) is 6.91. The average Bonchev–Trinajstić information content (AvgIpc) is 2.89. The largest absolute Gasteiger partial charge is 0.492 e. The first-order chi connectivity index (χ1) is 18.0. The molecule has 1 aliphatic rings. The number of carbonyl (C=O) groups excluding carboxylic acids is 3. The molecule has 1 rings (SSSR count). The van der Waals surface area contributed by atoms with Crippen LogP contribution in [0.2, 0.25) is 0 Å². The van der Waals surface area contributed by atoms with Gasteiger partial charge in [-0.05, 0) is 25.7 Å². The number of hydrogen-bond acceptors (Lipinski definition) is 6. The molecule has 0 amide bonds. The van der Waals surface area contributed by atoms with E-state index in [9.17, 15) is 14.4 Å². The van der Waals surface area contributed by atoms with E-state index in [0.29, 0.717) is 37.3 Å². The second-order valence-corrected chi connectivity index (χ2v) is 10.2. The maximum absolute atomic E-state index is 13.0. The fourth-order valence-electron chi connectivity index (χ4n) is 4.61. The molecule has 0 aromatic heterocycles. The zero-order valence-electron chi connectivity index (χ0n) is 24.0. The number of methoxy groups -OCH3 is 1. The van der Waals surface area contributed by atoms with Crippen LogP contribution < -0.4 is 5.32 Å². The summed E-state index contributed by atoms with van der Waals surface area (Å²) < 4.78 is 10.4. The minimum atomic E-state index is -0.274. The second kappa shape index (κ2) is 21.9. The topological polar surface area (TPSA) is 81.7 Å². The number of hydrogen-bond donors (Lipinski definition) is 1. The SMILES string of the molecule is CCCCCCCCCCCCCCCCC1=C(OC)C(=O)C=C(NCCCC(=O)OCCCC)C1=O. The number of esters is 1. The van der Waals surface area contributed by atoms with E-state index in [1.807, 2.05) is 6.92 Å². The van der Waals surface area contributed by atoms with Gasteiger partial charge in [-0.1, -0.05) is 104 Å². The normalized spacial score (nSPS) is 13.6. The van der Waals surface area contributed by atoms with E-state index in [2.05, 4.69) is 12.2 Å². The molecule has 0 bridgehead atoms. The minimum absolute atomic E-state index is 0.170. The van der Waals surface area contributed by atoms with Gasteiger partial charge in [0.25, 0.3) is 0 Å². The molecule has 0 fully saturated rings. The van der Waals surface area contributed by atoms with E-state index in [0.717, 1.165) is 32.1 Å². The predicted molar refractivity (Wildman–Crippen MR) is 150 cm³/mol. The molecule has 37 heavy (non-hydrogen) atoms. The zero-order valence-corrected chi connectivity index (χ0v) is 24.0. The summed E-state index contributed by atoms with van der Waals surface area (Å²) >= 11 is 0. The van der Waals surface area contributed by atoms with Crippen LogP contribution in [0.25, 0.3) is 0 Å². The Balaban J connectivity index is 2.23. The summed E-state index contributed by atoms with van der Waals surface area (Å²) in [6, 6.07) is 0. The van der Waals surface area contributed by atoms with Crippen LogP contribution in [0.4, 0.5) is 0 Å². The molecule has 0 radical (unpaired) electrons. The number of Topliss-reactive ketones (excluding diaryl/α,β-unsaturated/α-hetero) is 1. The lowest BCUT2D eigenvalue weighted by molar-refractivity contribution is -0.143. The highest BCUT2D eigenvalue weighted by molar-refractivity contribution is 6.21. The standard InChI is InChI=1S/C31H53NO5/c1-4-6-8-9-10-11-12-13-14-15-16-17-18-19-21-26-30(35)27(25-28(33)31(26)36-3)32-23-20-22-29(34)37-24-7-5-2/h25,32H,4-24H2,1-3H3. The molecule has 0 unspecified atom stereocenters. The predicted octanol–water partition coefficient (Wildman–Crippen LogP) is 7.51. The molecule has 1 aliphatic carbocycles. The van der Waals surface area contributed by atoms with E-state index in [4.69, 9.17) is 9.47 Å². The van der Waals surface area contributed by atoms with Gasteiger partial charge in [-0.15, -0.1) is 0 Å². The monoisotopic (exact) mass is 519 g/mol. The first kappa shape index (κ1) is 32.9. The van der Waals surface area contributed by atoms with Gasteiger partial charge in [-0.3, -0.25) is 14.4 Å². The molecular formula is C31H53NO5. The summed E-state index contributed by atoms with van der Waals surface area (Å²) in [7, 11) is 1.45. The average molecular weight is 520 g/mol. The molecule has 0 aromatic carbocycles. The number of ether oxygens (including phenoxy) is 2. The van der Waals surface area contributed by atoms with E-state index in [1.54, 1.807) is 0 Å². The number of carbonyl (C=O) groups is 3. The van der Waals surface area contributed by atoms with E-state index in [-0.39, 0.29) is 29.7 Å². The quantitative estimate of drug-likeness (QED) is 0.0807. The molecule has 1 N–H and O–H groups in total. The lowest BCUT2D eigenvalue weighted by Crippen LogP contribution is -2.29. The number of nitrogens with one attached hydrogen (secondary N) is 1. The summed E-state index contributed by atoms with van der Waals surface area (Å²) in [6.45, 7) is 5.19. The second-order valence-electron chi connectivity index (χ2n) is 10.2. The number of unbranched alkanes of at least 4 members (excludes halogenated alkanes) is 14. The van der Waals surface area contributed by atoms with Gasteiger partial charge in [0.05, 0.1) is 19.4 Å². The Morgan fingerprint density at radius 3 is 1.84 bits per heavy atom. The van der Waals surface area contributed by atoms with Gasteiger partial charge in [-0.25, -0.2) is 0 Å². The van der Waals surface area contributed by atoms with Crippen LogP contribution in [-0.2, 0) is 23.9 Å². The van der Waals surface area contributed by atoms with Crippen molar-refractivity contribution < 1.29 is 23.9 Å². The summed E-state index contributed by atoms with van der Waals surface area (Å²) in [4.78, 5) is 37.2. The van der Waals surface area contributed by atoms with E-state index >= 15 is 0 Å². The number of rotatable bonds is 24. The molecule has 6 heteroatoms. The first-order valence-corrected chi connectivity index (χ1v) is 15.0. The van der Waals surface area contributed by atoms with Crippen molar-refractivity contribution in [3.05, 3.63) is 23.1 Å². The molecule has 0 saturated heterocycles. The van der Waals surface area contributed by atoms with Crippen molar-refractivity contribution in [3.63, 3.8) is 0 Å². The fourth-order valence-corrected chi connectivity index (χ4v) is 4.61. The van der Waals surface area contributed by atoms with Crippen LogP contribution >= 0.6 is 0 Å². The summed E-state index contributed by atoms with van der Waals surface area (Å²) in [5.41, 5.74) is 0.765. The highest BCUT2D eigenvalue weighted by atomic mass is 16.5. The van der Waals surface area contributed by atoms with Crippen LogP contribution in [0.15, 0.2) is 23.1 Å². The van der Waals surface area contributed by atoms with Crippen molar-refractivity contribution in [2.45, 2.75) is 136 Å². The fraction of sp³-hybridized carbons (Fsp3) is 0.774. The van der Waals surface area contributed by atoms with E-state index < -0.39 is 0 Å². The number of allylic oxidation sites excluding steroid dienone is 2. The number of ketones is 2. The molecule has 212 valence electrons. The zero-order chi connectivity index (χ0) is 27.1. The van der Waals surface area contributed by atoms with Gasteiger partial charge in [-0.2, -0.15) is 0 Å². The Labute approximate surface area is 226 Å². The molecule has 0 atom stereocenters. The van der Waals surface area contributed by atoms with Gasteiger partial charge in [0, 0.05) is 24.6 Å². The smallest absolute Gasteiger partial charge is 0.305 e. The van der Waals surface area contributed by atoms with Crippen molar-refractivity contribution in [3.8, 4) is 0 Å². The van der Waals surface area contributed by atoms with Crippen molar-refractivity contribution in [2.75, 3.05) is 20.3 Å². The summed E-state index contributed by atoms with van der Waals surface area (Å²) in [6.07, 6.45) is 22.4. The summed E-state index contributed by atoms with van der Waals surface area (Å²) in [5, 5.41) is 3.04. The summed E-state index contributed by atoms with van der Waals surface area (Å²) in [5.74, 6) is -0.499. The Morgan fingerprint density at radius 1 is 0.757 bits per heavy atom. The Morgan fingerprint density at radius 2 is 1.30 bits per heavy atom. The minimum Gasteiger partial charge on any atom is -0.492 e. The van der Waals surface area contributed by atoms with Crippen molar-refractivity contribution in [2.24, 2.45) is 0 Å². The van der Waals surface area contributed by atoms with Crippen molar-refractivity contribution in [1.82, 2.24) is 5.32 Å². The van der Waals surface area contributed by atoms with Crippen LogP contribution in [0, 0.1) is 0 Å². The van der Waals surface area contributed by atoms with Crippen molar-refractivity contribution in [1.29, 1.82) is 0 Å². The molecule has 0 aliphatic heterocycles. The van der Waals surface area contributed by atoms with Crippen molar-refractivity contribution >= 4 is 17.5 Å². The van der Waals surface area contributed by atoms with Crippen LogP contribution in [0.3, 0.4) is 0 Å².